The van der Waals surface area contributed by atoms with Gasteiger partial charge in [-0.2, -0.15) is 0 Å². The minimum absolute atomic E-state index is 0.184. The van der Waals surface area contributed by atoms with Gasteiger partial charge < -0.3 is 20.4 Å². The number of urea groups is 1. The third-order valence-corrected chi connectivity index (χ3v) is 3.84. The van der Waals surface area contributed by atoms with Gasteiger partial charge in [-0.3, -0.25) is 0 Å². The molecule has 6 heteroatoms. The summed E-state index contributed by atoms with van der Waals surface area (Å²) in [7, 11) is 0. The predicted octanol–water partition coefficient (Wildman–Crippen LogP) is 3.23. The van der Waals surface area contributed by atoms with Crippen molar-refractivity contribution < 1.29 is 13.9 Å². The Bertz CT molecular complexity index is 847. The van der Waals surface area contributed by atoms with E-state index < -0.39 is 5.82 Å². The Hall–Kier alpha value is -3.02. The fourth-order valence-electron chi connectivity index (χ4n) is 2.60. The van der Waals surface area contributed by atoms with E-state index in [2.05, 4.69) is 21.7 Å². The molecule has 5 nitrogen and oxygen atoms in total. The molecule has 1 heterocycles. The first-order valence-corrected chi connectivity index (χ1v) is 8.18. The maximum absolute atomic E-state index is 13.4. The number of para-hydroxylation sites is 2. The molecule has 0 spiro atoms. The largest absolute Gasteiger partial charge is 0.489 e. The number of aromatic nitrogens is 1. The number of hydrogen-bond acceptors (Lipinski definition) is 2. The fourth-order valence-corrected chi connectivity index (χ4v) is 2.60. The highest BCUT2D eigenvalue weighted by atomic mass is 19.1. The van der Waals surface area contributed by atoms with Crippen LogP contribution in [0.1, 0.15) is 5.56 Å². The van der Waals surface area contributed by atoms with E-state index in [0.717, 1.165) is 11.9 Å². The second kappa shape index (κ2) is 8.19. The van der Waals surface area contributed by atoms with Crippen LogP contribution in [0.5, 0.6) is 5.75 Å². The first-order chi connectivity index (χ1) is 12.2. The molecule has 0 bridgehead atoms. The molecule has 0 saturated heterocycles. The van der Waals surface area contributed by atoms with Crippen LogP contribution in [-0.2, 0) is 6.42 Å². The highest BCUT2D eigenvalue weighted by Crippen LogP contribution is 2.17. The van der Waals surface area contributed by atoms with E-state index in [1.54, 1.807) is 18.2 Å². The van der Waals surface area contributed by atoms with Crippen molar-refractivity contribution in [1.82, 2.24) is 15.6 Å². The van der Waals surface area contributed by atoms with Crippen LogP contribution in [-0.4, -0.2) is 30.7 Å². The van der Waals surface area contributed by atoms with Crippen LogP contribution in [0.3, 0.4) is 0 Å². The summed E-state index contributed by atoms with van der Waals surface area (Å²) >= 11 is 0. The standard InChI is InChI=1S/C19H20FN3O2/c20-16-6-2-4-8-18(16)25-12-11-22-19(24)21-10-9-14-13-23-17-7-3-1-5-15(14)17/h1-8,13,23H,9-12H2,(H2,21,22,24). The Labute approximate surface area is 145 Å². The van der Waals surface area contributed by atoms with Crippen LogP contribution in [0.2, 0.25) is 0 Å². The molecule has 25 heavy (non-hydrogen) atoms. The molecule has 0 fully saturated rings. The van der Waals surface area contributed by atoms with Gasteiger partial charge in [0.05, 0.1) is 6.54 Å². The van der Waals surface area contributed by atoms with Crippen molar-refractivity contribution in [3.05, 3.63) is 66.1 Å². The van der Waals surface area contributed by atoms with Gasteiger partial charge in [0, 0.05) is 23.6 Å². The lowest BCUT2D eigenvalue weighted by Crippen LogP contribution is -2.38. The summed E-state index contributed by atoms with van der Waals surface area (Å²) in [4.78, 5) is 15.0. The lowest BCUT2D eigenvalue weighted by molar-refractivity contribution is 0.236. The minimum Gasteiger partial charge on any atom is -0.489 e. The van der Waals surface area contributed by atoms with Crippen LogP contribution in [0.4, 0.5) is 9.18 Å². The van der Waals surface area contributed by atoms with Crippen LogP contribution in [0, 0.1) is 5.82 Å². The maximum atomic E-state index is 13.4. The number of nitrogens with one attached hydrogen (secondary N) is 3. The first-order valence-electron chi connectivity index (χ1n) is 8.18. The number of hydrogen-bond donors (Lipinski definition) is 3. The molecule has 0 saturated carbocycles. The molecule has 0 unspecified atom stereocenters. The molecule has 0 aliphatic heterocycles. The molecule has 2 amide bonds. The summed E-state index contributed by atoms with van der Waals surface area (Å²) in [5, 5.41) is 6.66. The van der Waals surface area contributed by atoms with Gasteiger partial charge in [-0.05, 0) is 30.2 Å². The lowest BCUT2D eigenvalue weighted by atomic mass is 10.1. The molecule has 3 N–H and O–H groups in total. The van der Waals surface area contributed by atoms with Crippen LogP contribution >= 0.6 is 0 Å². The SMILES string of the molecule is O=C(NCCOc1ccccc1F)NCCc1c[nH]c2ccccc12. The van der Waals surface area contributed by atoms with E-state index in [1.807, 2.05) is 24.4 Å². The zero-order valence-corrected chi connectivity index (χ0v) is 13.7. The normalized spacial score (nSPS) is 10.6. The van der Waals surface area contributed by atoms with Crippen LogP contribution in [0.25, 0.3) is 10.9 Å². The van der Waals surface area contributed by atoms with Gasteiger partial charge in [0.1, 0.15) is 6.61 Å². The topological polar surface area (TPSA) is 66.2 Å². The van der Waals surface area contributed by atoms with Gasteiger partial charge in [-0.1, -0.05) is 30.3 Å². The molecule has 0 atom stereocenters. The highest BCUT2D eigenvalue weighted by Gasteiger charge is 2.05. The smallest absolute Gasteiger partial charge is 0.314 e. The molecule has 3 rings (SSSR count). The van der Waals surface area contributed by atoms with Gasteiger partial charge >= 0.3 is 6.03 Å². The van der Waals surface area contributed by atoms with Crippen molar-refractivity contribution in [1.29, 1.82) is 0 Å². The van der Waals surface area contributed by atoms with Crippen molar-refractivity contribution in [2.45, 2.75) is 6.42 Å². The Balaban J connectivity index is 1.35. The Morgan fingerprint density at radius 3 is 2.68 bits per heavy atom. The number of halogens is 1. The van der Waals surface area contributed by atoms with E-state index in [1.165, 1.54) is 17.0 Å². The average molecular weight is 341 g/mol. The number of benzene rings is 2. The molecule has 130 valence electrons. The average Bonchev–Trinajstić information content (AvgIpc) is 3.03. The van der Waals surface area contributed by atoms with E-state index in [4.69, 9.17) is 4.74 Å². The summed E-state index contributed by atoms with van der Waals surface area (Å²) in [5.41, 5.74) is 2.26. The zero-order valence-electron chi connectivity index (χ0n) is 13.7. The van der Waals surface area contributed by atoms with E-state index in [9.17, 15) is 9.18 Å². The maximum Gasteiger partial charge on any atom is 0.314 e. The van der Waals surface area contributed by atoms with Gasteiger partial charge in [0.25, 0.3) is 0 Å². The fraction of sp³-hybridized carbons (Fsp3) is 0.211. The summed E-state index contributed by atoms with van der Waals surface area (Å²) in [6.07, 6.45) is 2.70. The zero-order chi connectivity index (χ0) is 17.5. The Morgan fingerprint density at radius 1 is 1.04 bits per heavy atom. The van der Waals surface area contributed by atoms with Gasteiger partial charge in [-0.15, -0.1) is 0 Å². The van der Waals surface area contributed by atoms with Gasteiger partial charge in [-0.25, -0.2) is 9.18 Å². The van der Waals surface area contributed by atoms with Gasteiger partial charge in [0.2, 0.25) is 0 Å². The van der Waals surface area contributed by atoms with Gasteiger partial charge in [0.15, 0.2) is 11.6 Å². The monoisotopic (exact) mass is 341 g/mol. The quantitative estimate of drug-likeness (QED) is 0.578. The van der Waals surface area contributed by atoms with E-state index in [-0.39, 0.29) is 18.4 Å². The third kappa shape index (κ3) is 4.50. The third-order valence-electron chi connectivity index (χ3n) is 3.84. The number of H-pyrrole nitrogens is 1. The number of amides is 2. The number of ether oxygens (including phenoxy) is 1. The molecule has 1 aromatic heterocycles. The van der Waals surface area contributed by atoms with E-state index >= 15 is 0 Å². The second-order valence-electron chi connectivity index (χ2n) is 5.57. The lowest BCUT2D eigenvalue weighted by Gasteiger charge is -2.09. The number of rotatable bonds is 7. The van der Waals surface area contributed by atoms with Crippen molar-refractivity contribution in [2.75, 3.05) is 19.7 Å². The van der Waals surface area contributed by atoms with Crippen molar-refractivity contribution in [2.24, 2.45) is 0 Å². The van der Waals surface area contributed by atoms with Crippen molar-refractivity contribution in [3.63, 3.8) is 0 Å². The van der Waals surface area contributed by atoms with Crippen LogP contribution < -0.4 is 15.4 Å². The molecule has 0 aliphatic rings. The second-order valence-corrected chi connectivity index (χ2v) is 5.57. The summed E-state index contributed by atoms with van der Waals surface area (Å²) < 4.78 is 18.6. The van der Waals surface area contributed by atoms with Crippen LogP contribution in [0.15, 0.2) is 54.7 Å². The molecule has 2 aromatic carbocycles. The number of carbonyl (C=O) groups excluding carboxylic acids is 1. The molecule has 3 aromatic rings. The van der Waals surface area contributed by atoms with E-state index in [0.29, 0.717) is 13.1 Å². The molecular weight excluding hydrogens is 321 g/mol. The summed E-state index contributed by atoms with van der Waals surface area (Å²) in [6, 6.07) is 14.0. The summed E-state index contributed by atoms with van der Waals surface area (Å²) in [6.45, 7) is 1.03. The van der Waals surface area contributed by atoms with Crippen molar-refractivity contribution in [3.8, 4) is 5.75 Å². The predicted molar refractivity (Wildman–Crippen MR) is 95.3 cm³/mol. The Morgan fingerprint density at radius 2 is 1.80 bits per heavy atom. The molecular formula is C19H20FN3O2. The number of carbonyl (C=O) groups is 1. The molecule has 0 aliphatic carbocycles. The Kier molecular flexibility index (Phi) is 5.51. The number of aromatic amines is 1. The highest BCUT2D eigenvalue weighted by molar-refractivity contribution is 5.83. The molecule has 0 radical (unpaired) electrons. The van der Waals surface area contributed by atoms with Crippen molar-refractivity contribution >= 4 is 16.9 Å². The minimum atomic E-state index is -0.411. The summed E-state index contributed by atoms with van der Waals surface area (Å²) in [5.74, 6) is -0.227. The number of fused-ring (bicyclic) bond motifs is 1. The first kappa shape index (κ1) is 16.8.